The fraction of sp³-hybridized carbons (Fsp3) is 0.533. The predicted molar refractivity (Wildman–Crippen MR) is 66.5 cm³/mol. The van der Waals surface area contributed by atoms with Crippen LogP contribution < -0.4 is 0 Å². The lowest BCUT2D eigenvalue weighted by molar-refractivity contribution is -0.119. The Morgan fingerprint density at radius 1 is 1.25 bits per heavy atom. The van der Waals surface area contributed by atoms with Crippen molar-refractivity contribution in [2.45, 2.75) is 45.4 Å². The molecule has 0 bridgehead atoms. The summed E-state index contributed by atoms with van der Waals surface area (Å²) in [6, 6.07) is 8.35. The number of hydrogen-bond acceptors (Lipinski definition) is 1. The first kappa shape index (κ1) is 11.4. The molecule has 1 aliphatic carbocycles. The Bertz CT molecular complexity index is 363. The van der Waals surface area contributed by atoms with E-state index >= 15 is 0 Å². The zero-order valence-corrected chi connectivity index (χ0v) is 10.0. The summed E-state index contributed by atoms with van der Waals surface area (Å²) in [5.41, 5.74) is 2.62. The van der Waals surface area contributed by atoms with E-state index in [1.54, 1.807) is 0 Å². The van der Waals surface area contributed by atoms with Crippen LogP contribution in [0.25, 0.3) is 0 Å². The van der Waals surface area contributed by atoms with Crippen molar-refractivity contribution in [1.82, 2.24) is 0 Å². The van der Waals surface area contributed by atoms with Gasteiger partial charge < -0.3 is 0 Å². The summed E-state index contributed by atoms with van der Waals surface area (Å²) in [5, 5.41) is 0. The summed E-state index contributed by atoms with van der Waals surface area (Å²) < 4.78 is 0. The first-order valence-electron chi connectivity index (χ1n) is 6.32. The van der Waals surface area contributed by atoms with Crippen molar-refractivity contribution in [3.05, 3.63) is 35.4 Å². The van der Waals surface area contributed by atoms with Crippen molar-refractivity contribution >= 4 is 5.78 Å². The van der Waals surface area contributed by atoms with Gasteiger partial charge in [-0.15, -0.1) is 0 Å². The van der Waals surface area contributed by atoms with Crippen LogP contribution in [0.5, 0.6) is 0 Å². The molecule has 0 amide bonds. The van der Waals surface area contributed by atoms with Crippen LogP contribution in [0.15, 0.2) is 24.3 Å². The summed E-state index contributed by atoms with van der Waals surface area (Å²) in [5.74, 6) is 1.32. The molecule has 1 saturated carbocycles. The van der Waals surface area contributed by atoms with Gasteiger partial charge in [-0.05, 0) is 36.8 Å². The van der Waals surface area contributed by atoms with Crippen LogP contribution in [-0.2, 0) is 11.2 Å². The molecule has 0 saturated heterocycles. The molecule has 1 aromatic carbocycles. The number of rotatable bonds is 6. The number of aryl methyl sites for hydroxylation is 2. The molecule has 1 aromatic rings. The monoisotopic (exact) mass is 216 g/mol. The van der Waals surface area contributed by atoms with E-state index in [2.05, 4.69) is 25.1 Å². The van der Waals surface area contributed by atoms with E-state index in [0.29, 0.717) is 5.78 Å². The fourth-order valence-corrected chi connectivity index (χ4v) is 2.06. The summed E-state index contributed by atoms with van der Waals surface area (Å²) in [6.07, 6.45) is 6.27. The molecular weight excluding hydrogens is 196 g/mol. The van der Waals surface area contributed by atoms with Crippen molar-refractivity contribution in [3.63, 3.8) is 0 Å². The normalized spacial score (nSPS) is 15.1. The third-order valence-corrected chi connectivity index (χ3v) is 3.46. The molecule has 1 fully saturated rings. The molecule has 1 nitrogen and oxygen atoms in total. The highest BCUT2D eigenvalue weighted by Gasteiger charge is 2.21. The van der Waals surface area contributed by atoms with Gasteiger partial charge in [-0.1, -0.05) is 37.1 Å². The first-order valence-corrected chi connectivity index (χ1v) is 6.32. The second kappa shape index (κ2) is 5.29. The average Bonchev–Trinajstić information content (AvgIpc) is 3.09. The fourth-order valence-electron chi connectivity index (χ4n) is 2.06. The van der Waals surface area contributed by atoms with E-state index in [0.717, 1.165) is 31.6 Å². The second-order valence-corrected chi connectivity index (χ2v) is 4.95. The smallest absolute Gasteiger partial charge is 0.133 e. The Labute approximate surface area is 97.9 Å². The maximum atomic E-state index is 11.7. The predicted octanol–water partition coefficient (Wildman–Crippen LogP) is 3.69. The summed E-state index contributed by atoms with van der Waals surface area (Å²) >= 11 is 0. The Morgan fingerprint density at radius 2 is 2.00 bits per heavy atom. The van der Waals surface area contributed by atoms with Crippen LogP contribution in [0, 0.1) is 12.8 Å². The lowest BCUT2D eigenvalue weighted by Gasteiger charge is -2.04. The van der Waals surface area contributed by atoms with Gasteiger partial charge in [0.05, 0.1) is 0 Å². The molecule has 16 heavy (non-hydrogen) atoms. The van der Waals surface area contributed by atoms with Gasteiger partial charge in [0.15, 0.2) is 0 Å². The van der Waals surface area contributed by atoms with Gasteiger partial charge in [0.2, 0.25) is 0 Å². The highest BCUT2D eigenvalue weighted by Crippen LogP contribution is 2.33. The van der Waals surface area contributed by atoms with Gasteiger partial charge in [-0.3, -0.25) is 4.79 Å². The van der Waals surface area contributed by atoms with Crippen LogP contribution in [0.2, 0.25) is 0 Å². The molecule has 0 spiro atoms. The maximum Gasteiger partial charge on any atom is 0.133 e. The van der Waals surface area contributed by atoms with E-state index in [1.807, 2.05) is 6.07 Å². The zero-order valence-electron chi connectivity index (χ0n) is 10.0. The third kappa shape index (κ3) is 3.48. The van der Waals surface area contributed by atoms with Crippen molar-refractivity contribution in [3.8, 4) is 0 Å². The first-order chi connectivity index (χ1) is 7.75. The molecule has 0 N–H and O–H groups in total. The molecular formula is C15H20O. The van der Waals surface area contributed by atoms with Crippen LogP contribution in [0.1, 0.15) is 43.2 Å². The topological polar surface area (TPSA) is 17.1 Å². The van der Waals surface area contributed by atoms with Crippen LogP contribution in [0.4, 0.5) is 0 Å². The molecule has 86 valence electrons. The van der Waals surface area contributed by atoms with E-state index in [-0.39, 0.29) is 0 Å². The van der Waals surface area contributed by atoms with Crippen LogP contribution in [0.3, 0.4) is 0 Å². The number of carbonyl (C=O) groups excluding carboxylic acids is 1. The number of carbonyl (C=O) groups is 1. The highest BCUT2D eigenvalue weighted by atomic mass is 16.1. The summed E-state index contributed by atoms with van der Waals surface area (Å²) in [6.45, 7) is 2.12. The van der Waals surface area contributed by atoms with Gasteiger partial charge >= 0.3 is 0 Å². The van der Waals surface area contributed by atoms with E-state index in [4.69, 9.17) is 0 Å². The standard InChI is InChI=1S/C15H20O/c1-12-4-2-3-5-14(12)9-11-15(16)10-8-13-6-7-13/h2-5,13H,6-11H2,1H3. The average molecular weight is 216 g/mol. The summed E-state index contributed by atoms with van der Waals surface area (Å²) in [7, 11) is 0. The molecule has 2 rings (SSSR count). The highest BCUT2D eigenvalue weighted by molar-refractivity contribution is 5.78. The van der Waals surface area contributed by atoms with Crippen LogP contribution >= 0.6 is 0 Å². The second-order valence-electron chi connectivity index (χ2n) is 4.95. The number of ketones is 1. The Balaban J connectivity index is 1.73. The molecule has 1 aliphatic rings. The number of Topliss-reactive ketones (excluding diaryl/α,β-unsaturated/α-hetero) is 1. The lowest BCUT2D eigenvalue weighted by atomic mass is 10.0. The Morgan fingerprint density at radius 3 is 2.69 bits per heavy atom. The largest absolute Gasteiger partial charge is 0.300 e. The summed E-state index contributed by atoms with van der Waals surface area (Å²) in [4.78, 5) is 11.7. The molecule has 0 radical (unpaired) electrons. The minimum atomic E-state index is 0.440. The quantitative estimate of drug-likeness (QED) is 0.708. The van der Waals surface area contributed by atoms with Gasteiger partial charge in [0.25, 0.3) is 0 Å². The Hall–Kier alpha value is -1.11. The molecule has 0 heterocycles. The van der Waals surface area contributed by atoms with Crippen LogP contribution in [-0.4, -0.2) is 5.78 Å². The molecule has 0 aromatic heterocycles. The maximum absolute atomic E-state index is 11.7. The zero-order chi connectivity index (χ0) is 11.4. The molecule has 0 atom stereocenters. The minimum absolute atomic E-state index is 0.440. The molecule has 1 heteroatoms. The Kier molecular flexibility index (Phi) is 3.76. The molecule has 0 aliphatic heterocycles. The number of hydrogen-bond donors (Lipinski definition) is 0. The van der Waals surface area contributed by atoms with Crippen molar-refractivity contribution in [1.29, 1.82) is 0 Å². The van der Waals surface area contributed by atoms with Gasteiger partial charge in [0.1, 0.15) is 5.78 Å². The van der Waals surface area contributed by atoms with E-state index in [1.165, 1.54) is 24.0 Å². The van der Waals surface area contributed by atoms with E-state index < -0.39 is 0 Å². The number of benzene rings is 1. The van der Waals surface area contributed by atoms with Crippen molar-refractivity contribution in [2.75, 3.05) is 0 Å². The van der Waals surface area contributed by atoms with Crippen molar-refractivity contribution < 1.29 is 4.79 Å². The molecule has 0 unspecified atom stereocenters. The lowest BCUT2D eigenvalue weighted by Crippen LogP contribution is -2.01. The van der Waals surface area contributed by atoms with Gasteiger partial charge in [-0.25, -0.2) is 0 Å². The third-order valence-electron chi connectivity index (χ3n) is 3.46. The van der Waals surface area contributed by atoms with Crippen molar-refractivity contribution in [2.24, 2.45) is 5.92 Å². The van der Waals surface area contributed by atoms with E-state index in [9.17, 15) is 4.79 Å². The van der Waals surface area contributed by atoms with Gasteiger partial charge in [-0.2, -0.15) is 0 Å². The SMILES string of the molecule is Cc1ccccc1CCC(=O)CCC1CC1. The minimum Gasteiger partial charge on any atom is -0.300 e. The van der Waals surface area contributed by atoms with Gasteiger partial charge in [0, 0.05) is 12.8 Å².